The average Bonchev–Trinajstić information content (AvgIpc) is 3.71. The first-order valence-corrected chi connectivity index (χ1v) is 20.3. The zero-order chi connectivity index (χ0) is 39.1. The van der Waals surface area contributed by atoms with E-state index >= 15 is 0 Å². The number of hydrogen-bond donors (Lipinski definition) is 1. The summed E-state index contributed by atoms with van der Waals surface area (Å²) in [6.07, 6.45) is 10.2. The van der Waals surface area contributed by atoms with Crippen LogP contribution < -0.4 is 5.32 Å². The van der Waals surface area contributed by atoms with E-state index in [4.69, 9.17) is 14.4 Å². The molecule has 7 aromatic carbocycles. The van der Waals surface area contributed by atoms with Gasteiger partial charge in [-0.15, -0.1) is 0 Å². The molecule has 0 saturated carbocycles. The number of allylic oxidation sites excluding steroid dienone is 5. The molecule has 1 N–H and O–H groups in total. The van der Waals surface area contributed by atoms with Crippen molar-refractivity contribution in [3.63, 3.8) is 0 Å². The van der Waals surface area contributed by atoms with Crippen molar-refractivity contribution in [2.45, 2.75) is 19.0 Å². The molecule has 4 heteroatoms. The molecule has 59 heavy (non-hydrogen) atoms. The van der Waals surface area contributed by atoms with Crippen LogP contribution in [-0.2, 0) is 0 Å². The molecule has 0 spiro atoms. The van der Waals surface area contributed by atoms with Gasteiger partial charge in [0.1, 0.15) is 17.3 Å². The molecule has 2 aliphatic rings. The minimum absolute atomic E-state index is 0.232. The summed E-state index contributed by atoms with van der Waals surface area (Å²) in [5.74, 6) is 0. The van der Waals surface area contributed by atoms with Crippen molar-refractivity contribution in [2.24, 2.45) is 4.99 Å². The number of aromatic nitrogens is 1. The number of furan rings is 1. The number of hydrogen-bond acceptors (Lipinski definition) is 4. The highest BCUT2D eigenvalue weighted by Gasteiger charge is 2.24. The Hall–Kier alpha value is -7.56. The highest BCUT2D eigenvalue weighted by Crippen LogP contribution is 2.43. The second kappa shape index (κ2) is 14.7. The first kappa shape index (κ1) is 34.7. The highest BCUT2D eigenvalue weighted by molar-refractivity contribution is 6.21. The predicted molar refractivity (Wildman–Crippen MR) is 245 cm³/mol. The van der Waals surface area contributed by atoms with E-state index in [0.29, 0.717) is 0 Å². The number of rotatable bonds is 7. The fraction of sp³-hybridized carbons (Fsp3) is 0.0545. The van der Waals surface area contributed by atoms with Gasteiger partial charge in [-0.05, 0) is 98.7 Å². The van der Waals surface area contributed by atoms with Crippen LogP contribution in [0.4, 0.5) is 0 Å². The van der Waals surface area contributed by atoms with Gasteiger partial charge in [-0.1, -0.05) is 164 Å². The fourth-order valence-electron chi connectivity index (χ4n) is 8.72. The van der Waals surface area contributed by atoms with Gasteiger partial charge in [0, 0.05) is 33.6 Å². The predicted octanol–water partition coefficient (Wildman–Crippen LogP) is 14.0. The second-order valence-corrected chi connectivity index (χ2v) is 15.3. The summed E-state index contributed by atoms with van der Waals surface area (Å²) in [5.41, 5.74) is 16.7. The van der Waals surface area contributed by atoms with Gasteiger partial charge >= 0.3 is 0 Å². The Morgan fingerprint density at radius 3 is 1.83 bits per heavy atom. The Morgan fingerprint density at radius 1 is 0.508 bits per heavy atom. The Labute approximate surface area is 343 Å². The van der Waals surface area contributed by atoms with Crippen molar-refractivity contribution in [1.29, 1.82) is 0 Å². The summed E-state index contributed by atoms with van der Waals surface area (Å²) in [7, 11) is 0. The number of aliphatic imine (C=N–C) groups is 1. The van der Waals surface area contributed by atoms with E-state index in [9.17, 15) is 0 Å². The van der Waals surface area contributed by atoms with E-state index in [1.165, 1.54) is 39.0 Å². The van der Waals surface area contributed by atoms with Crippen LogP contribution in [0.5, 0.6) is 0 Å². The maximum absolute atomic E-state index is 6.68. The first-order chi connectivity index (χ1) is 29.2. The van der Waals surface area contributed by atoms with Gasteiger partial charge in [0.25, 0.3) is 0 Å². The molecule has 0 radical (unpaired) electrons. The molecule has 0 fully saturated rings. The number of nitrogens with one attached hydrogen (secondary N) is 1. The quantitative estimate of drug-likeness (QED) is 0.176. The van der Waals surface area contributed by atoms with Crippen LogP contribution in [0.25, 0.3) is 77.5 Å². The van der Waals surface area contributed by atoms with Gasteiger partial charge in [0.2, 0.25) is 0 Å². The SMILES string of the molecule is C1=C(C2=NC(c3ccc(-c4ccccc4)cc3)NC(c3ccc(-c4ccccc4)cc3)=C2)CCC(c2cccc3oc4c5ccccc5c(-c5ccccn5)cc4c23)=C1. The van der Waals surface area contributed by atoms with Crippen molar-refractivity contribution in [2.75, 3.05) is 0 Å². The molecule has 0 bridgehead atoms. The van der Waals surface area contributed by atoms with E-state index in [0.717, 1.165) is 79.3 Å². The van der Waals surface area contributed by atoms with Crippen LogP contribution >= 0.6 is 0 Å². The fourth-order valence-corrected chi connectivity index (χ4v) is 8.72. The number of pyridine rings is 1. The van der Waals surface area contributed by atoms with Crippen molar-refractivity contribution < 1.29 is 4.42 Å². The maximum Gasteiger partial charge on any atom is 0.145 e. The molecule has 0 amide bonds. The molecule has 2 aromatic heterocycles. The van der Waals surface area contributed by atoms with E-state index in [1.807, 2.05) is 18.3 Å². The molecule has 1 aliphatic heterocycles. The van der Waals surface area contributed by atoms with Gasteiger partial charge in [-0.2, -0.15) is 0 Å². The minimum atomic E-state index is -0.232. The zero-order valence-corrected chi connectivity index (χ0v) is 32.3. The molecule has 1 atom stereocenters. The molecule has 280 valence electrons. The molecule has 3 heterocycles. The van der Waals surface area contributed by atoms with Crippen molar-refractivity contribution in [3.05, 3.63) is 223 Å². The van der Waals surface area contributed by atoms with Crippen LogP contribution in [0.15, 0.2) is 215 Å². The molecule has 0 saturated heterocycles. The maximum atomic E-state index is 6.68. The molecular formula is C55H39N3O. The Balaban J connectivity index is 0.983. The van der Waals surface area contributed by atoms with Crippen LogP contribution in [0, 0.1) is 0 Å². The van der Waals surface area contributed by atoms with E-state index in [-0.39, 0.29) is 6.17 Å². The van der Waals surface area contributed by atoms with Crippen LogP contribution in [0.1, 0.15) is 35.7 Å². The van der Waals surface area contributed by atoms with Gasteiger partial charge in [-0.3, -0.25) is 9.98 Å². The van der Waals surface area contributed by atoms with Crippen LogP contribution in [0.2, 0.25) is 0 Å². The third-order valence-electron chi connectivity index (χ3n) is 11.7. The van der Waals surface area contributed by atoms with E-state index < -0.39 is 0 Å². The third kappa shape index (κ3) is 6.45. The smallest absolute Gasteiger partial charge is 0.145 e. The standard InChI is InChI=1S/C55H39N3O/c1-3-12-36(13-4-1)38-21-27-41(28-22-38)50-35-51(58-55(57-50)43-31-23-39(24-32-43)37-14-5-2-6-15-37)42-29-25-40(26-30-42)44-18-11-20-52-53(44)48-34-47(49-19-9-10-33-56-49)45-16-7-8-17-46(45)54(48)59-52/h1-25,27-29,31-35,55,57H,26,30H2. The van der Waals surface area contributed by atoms with Crippen molar-refractivity contribution >= 4 is 49.7 Å². The summed E-state index contributed by atoms with van der Waals surface area (Å²) < 4.78 is 6.68. The van der Waals surface area contributed by atoms with Gasteiger partial charge in [0.05, 0.1) is 11.4 Å². The van der Waals surface area contributed by atoms with Gasteiger partial charge in [-0.25, -0.2) is 0 Å². The lowest BCUT2D eigenvalue weighted by Crippen LogP contribution is -2.25. The second-order valence-electron chi connectivity index (χ2n) is 15.3. The summed E-state index contributed by atoms with van der Waals surface area (Å²) in [5, 5.41) is 8.28. The lowest BCUT2D eigenvalue weighted by molar-refractivity contribution is 0.663. The third-order valence-corrected chi connectivity index (χ3v) is 11.7. The zero-order valence-electron chi connectivity index (χ0n) is 32.3. The first-order valence-electron chi connectivity index (χ1n) is 20.3. The summed E-state index contributed by atoms with van der Waals surface area (Å²) >= 11 is 0. The Morgan fingerprint density at radius 2 is 1.14 bits per heavy atom. The van der Waals surface area contributed by atoms with Crippen molar-refractivity contribution in [1.82, 2.24) is 10.3 Å². The average molecular weight is 758 g/mol. The van der Waals surface area contributed by atoms with Crippen molar-refractivity contribution in [3.8, 4) is 33.5 Å². The molecule has 9 aromatic rings. The summed E-state index contributed by atoms with van der Waals surface area (Å²) in [4.78, 5) is 10.1. The molecular weight excluding hydrogens is 719 g/mol. The Kier molecular flexibility index (Phi) is 8.66. The highest BCUT2D eigenvalue weighted by atomic mass is 16.3. The normalized spacial score (nSPS) is 15.4. The van der Waals surface area contributed by atoms with E-state index in [2.05, 4.69) is 187 Å². The lowest BCUT2D eigenvalue weighted by atomic mass is 9.88. The van der Waals surface area contributed by atoms with Gasteiger partial charge < -0.3 is 9.73 Å². The number of benzene rings is 7. The van der Waals surface area contributed by atoms with Crippen LogP contribution in [-0.4, -0.2) is 10.7 Å². The molecule has 1 unspecified atom stereocenters. The van der Waals surface area contributed by atoms with E-state index in [1.54, 1.807) is 0 Å². The molecule has 1 aliphatic carbocycles. The molecule has 11 rings (SSSR count). The number of nitrogens with zero attached hydrogens (tertiary/aromatic N) is 2. The van der Waals surface area contributed by atoms with Gasteiger partial charge in [0.15, 0.2) is 0 Å². The minimum Gasteiger partial charge on any atom is -0.455 e. The largest absolute Gasteiger partial charge is 0.455 e. The van der Waals surface area contributed by atoms with Crippen LogP contribution in [0.3, 0.4) is 0 Å². The number of fused-ring (bicyclic) bond motifs is 5. The topological polar surface area (TPSA) is 50.4 Å². The summed E-state index contributed by atoms with van der Waals surface area (Å²) in [6, 6.07) is 62.0. The summed E-state index contributed by atoms with van der Waals surface area (Å²) in [6.45, 7) is 0. The monoisotopic (exact) mass is 757 g/mol. The molecule has 4 nitrogen and oxygen atoms in total. The Bertz CT molecular complexity index is 3140. The lowest BCUT2D eigenvalue weighted by Gasteiger charge is -2.27.